The van der Waals surface area contributed by atoms with Gasteiger partial charge in [-0.05, 0) is 42.8 Å². The van der Waals surface area contributed by atoms with Crippen molar-refractivity contribution in [3.63, 3.8) is 0 Å². The molecular weight excluding hydrogens is 334 g/mol. The fourth-order valence-corrected chi connectivity index (χ4v) is 3.86. The smallest absolute Gasteiger partial charge is 0.274 e. The van der Waals surface area contributed by atoms with Crippen molar-refractivity contribution >= 4 is 33.4 Å². The van der Waals surface area contributed by atoms with E-state index in [1.54, 1.807) is 6.20 Å². The molecule has 1 unspecified atom stereocenters. The van der Waals surface area contributed by atoms with Gasteiger partial charge in [0.1, 0.15) is 0 Å². The summed E-state index contributed by atoms with van der Waals surface area (Å²) in [5, 5.41) is 5.25. The molecule has 1 saturated heterocycles. The Morgan fingerprint density at radius 3 is 2.88 bits per heavy atom. The van der Waals surface area contributed by atoms with Crippen LogP contribution in [0, 0.1) is 0 Å². The molecule has 4 rings (SSSR count). The molecule has 0 saturated carbocycles. The van der Waals surface area contributed by atoms with Crippen LogP contribution in [0.25, 0.3) is 10.2 Å². The lowest BCUT2D eigenvalue weighted by molar-refractivity contribution is 0.0789. The third-order valence-electron chi connectivity index (χ3n) is 4.43. The van der Waals surface area contributed by atoms with E-state index in [-0.39, 0.29) is 11.9 Å². The molecule has 1 atom stereocenters. The van der Waals surface area contributed by atoms with Crippen molar-refractivity contribution in [3.8, 4) is 0 Å². The van der Waals surface area contributed by atoms with Crippen LogP contribution in [-0.4, -0.2) is 38.8 Å². The summed E-state index contributed by atoms with van der Waals surface area (Å²) in [5.74, 6) is 0.481. The Labute approximate surface area is 149 Å². The molecule has 0 aromatic carbocycles. The van der Waals surface area contributed by atoms with E-state index < -0.39 is 0 Å². The topological polar surface area (TPSA) is 71.0 Å². The van der Waals surface area contributed by atoms with Crippen molar-refractivity contribution in [1.29, 1.82) is 0 Å². The number of nitrogens with one attached hydrogen (secondary N) is 1. The van der Waals surface area contributed by atoms with Crippen LogP contribution in [0.4, 0.5) is 5.95 Å². The van der Waals surface area contributed by atoms with Gasteiger partial charge in [-0.15, -0.1) is 11.3 Å². The fraction of sp³-hybridized carbons (Fsp3) is 0.333. The van der Waals surface area contributed by atoms with Crippen molar-refractivity contribution in [3.05, 3.63) is 47.2 Å². The minimum absolute atomic E-state index is 0.000440. The zero-order chi connectivity index (χ0) is 17.2. The van der Waals surface area contributed by atoms with Crippen LogP contribution in [0.3, 0.4) is 0 Å². The molecule has 3 aromatic rings. The Hall–Kier alpha value is -2.54. The summed E-state index contributed by atoms with van der Waals surface area (Å²) in [6.07, 6.45) is 5.69. The van der Waals surface area contributed by atoms with Crippen LogP contribution in [0.2, 0.25) is 0 Å². The first-order chi connectivity index (χ1) is 12.2. The van der Waals surface area contributed by atoms with E-state index in [1.165, 1.54) is 11.3 Å². The maximum Gasteiger partial charge on any atom is 0.274 e. The van der Waals surface area contributed by atoms with Crippen molar-refractivity contribution in [2.75, 3.05) is 18.4 Å². The number of hydrogen-bond donors (Lipinski definition) is 1. The Morgan fingerprint density at radius 2 is 2.12 bits per heavy atom. The highest BCUT2D eigenvalue weighted by Crippen LogP contribution is 2.27. The second-order valence-corrected chi connectivity index (χ2v) is 7.10. The van der Waals surface area contributed by atoms with E-state index in [9.17, 15) is 4.79 Å². The van der Waals surface area contributed by atoms with Crippen LogP contribution >= 0.6 is 11.3 Å². The number of aromatic nitrogens is 3. The predicted octanol–water partition coefficient (Wildman–Crippen LogP) is 3.50. The van der Waals surface area contributed by atoms with Gasteiger partial charge in [0.2, 0.25) is 5.95 Å². The molecule has 0 aliphatic carbocycles. The molecule has 0 bridgehead atoms. The van der Waals surface area contributed by atoms with Crippen LogP contribution in [0.1, 0.15) is 41.9 Å². The molecular formula is C18H19N5OS. The summed E-state index contributed by atoms with van der Waals surface area (Å²) in [5.41, 5.74) is 2.36. The number of fused-ring (bicyclic) bond motifs is 1. The van der Waals surface area contributed by atoms with Gasteiger partial charge < -0.3 is 10.2 Å². The van der Waals surface area contributed by atoms with Gasteiger partial charge in [-0.1, -0.05) is 6.07 Å². The molecule has 3 aromatic heterocycles. The highest BCUT2D eigenvalue weighted by Gasteiger charge is 2.24. The average Bonchev–Trinajstić information content (AvgIpc) is 3.33. The predicted molar refractivity (Wildman–Crippen MR) is 98.8 cm³/mol. The normalized spacial score (nSPS) is 15.5. The number of nitrogens with zero attached hydrogens (tertiary/aromatic N) is 4. The number of thiophene rings is 1. The Kier molecular flexibility index (Phi) is 4.31. The molecule has 7 heteroatoms. The van der Waals surface area contributed by atoms with Gasteiger partial charge in [0.15, 0.2) is 5.69 Å². The van der Waals surface area contributed by atoms with Gasteiger partial charge in [0, 0.05) is 25.5 Å². The van der Waals surface area contributed by atoms with Gasteiger partial charge in [-0.2, -0.15) is 0 Å². The zero-order valence-corrected chi connectivity index (χ0v) is 14.8. The summed E-state index contributed by atoms with van der Waals surface area (Å²) in [7, 11) is 0. The molecule has 1 aliphatic heterocycles. The first kappa shape index (κ1) is 16.0. The number of anilines is 1. The molecule has 0 radical (unpaired) electrons. The van der Waals surface area contributed by atoms with Gasteiger partial charge in [0.25, 0.3) is 5.91 Å². The largest absolute Gasteiger partial charge is 0.348 e. The highest BCUT2D eigenvalue weighted by atomic mass is 32.1. The van der Waals surface area contributed by atoms with Crippen LogP contribution in [0.15, 0.2) is 36.0 Å². The van der Waals surface area contributed by atoms with Gasteiger partial charge >= 0.3 is 0 Å². The molecule has 128 valence electrons. The van der Waals surface area contributed by atoms with Crippen LogP contribution in [0.5, 0.6) is 0 Å². The number of amides is 1. The highest BCUT2D eigenvalue weighted by molar-refractivity contribution is 7.17. The molecule has 0 spiro atoms. The Bertz CT molecular complexity index is 889. The number of carbonyl (C=O) groups excluding carboxylic acids is 1. The van der Waals surface area contributed by atoms with E-state index in [2.05, 4.69) is 20.3 Å². The van der Waals surface area contributed by atoms with Crippen molar-refractivity contribution in [2.45, 2.75) is 25.8 Å². The summed E-state index contributed by atoms with van der Waals surface area (Å²) in [4.78, 5) is 28.0. The average molecular weight is 353 g/mol. The quantitative estimate of drug-likeness (QED) is 0.777. The van der Waals surface area contributed by atoms with E-state index in [0.29, 0.717) is 11.6 Å². The molecule has 1 N–H and O–H groups in total. The minimum atomic E-state index is -0.000440. The van der Waals surface area contributed by atoms with Crippen molar-refractivity contribution in [1.82, 2.24) is 19.9 Å². The van der Waals surface area contributed by atoms with Crippen LogP contribution < -0.4 is 5.32 Å². The van der Waals surface area contributed by atoms with Gasteiger partial charge in [0.05, 0.1) is 16.3 Å². The van der Waals surface area contributed by atoms with E-state index >= 15 is 0 Å². The second-order valence-electron chi connectivity index (χ2n) is 6.18. The van der Waals surface area contributed by atoms with E-state index in [0.717, 1.165) is 41.7 Å². The van der Waals surface area contributed by atoms with Gasteiger partial charge in [-0.25, -0.2) is 9.97 Å². The molecule has 1 fully saturated rings. The number of carbonyl (C=O) groups is 1. The maximum absolute atomic E-state index is 12.9. The summed E-state index contributed by atoms with van der Waals surface area (Å²) in [6.45, 7) is 3.65. The molecule has 25 heavy (non-hydrogen) atoms. The molecule has 1 amide bonds. The molecule has 1 aliphatic rings. The lowest BCUT2D eigenvalue weighted by Gasteiger charge is -2.17. The number of pyridine rings is 1. The fourth-order valence-electron chi connectivity index (χ4n) is 3.05. The molecule has 4 heterocycles. The molecule has 6 nitrogen and oxygen atoms in total. The standard InChI is InChI=1S/C18H19N5OS/c1-12(13-5-4-7-19-11-13)20-18-21-14-6-10-25-16(14)15(22-18)17(24)23-8-2-3-9-23/h4-7,10-12H,2-3,8-9H2,1H3,(H,20,21,22). The van der Waals surface area contributed by atoms with Crippen molar-refractivity contribution in [2.24, 2.45) is 0 Å². The second kappa shape index (κ2) is 6.76. The number of hydrogen-bond acceptors (Lipinski definition) is 6. The van der Waals surface area contributed by atoms with E-state index in [1.807, 2.05) is 41.6 Å². The third kappa shape index (κ3) is 3.19. The third-order valence-corrected chi connectivity index (χ3v) is 5.34. The summed E-state index contributed by atoms with van der Waals surface area (Å²) in [6, 6.07) is 5.84. The Balaban J connectivity index is 1.67. The lowest BCUT2D eigenvalue weighted by atomic mass is 10.1. The Morgan fingerprint density at radius 1 is 1.28 bits per heavy atom. The van der Waals surface area contributed by atoms with E-state index in [4.69, 9.17) is 0 Å². The number of rotatable bonds is 4. The van der Waals surface area contributed by atoms with Crippen molar-refractivity contribution < 1.29 is 4.79 Å². The SMILES string of the molecule is CC(Nc1nc(C(=O)N2CCCC2)c2sccc2n1)c1cccnc1. The lowest BCUT2D eigenvalue weighted by Crippen LogP contribution is -2.28. The zero-order valence-electron chi connectivity index (χ0n) is 14.0. The maximum atomic E-state index is 12.9. The van der Waals surface area contributed by atoms with Crippen LogP contribution in [-0.2, 0) is 0 Å². The van der Waals surface area contributed by atoms with Gasteiger partial charge in [-0.3, -0.25) is 9.78 Å². The summed E-state index contributed by atoms with van der Waals surface area (Å²) >= 11 is 1.51. The first-order valence-corrected chi connectivity index (χ1v) is 9.31. The minimum Gasteiger partial charge on any atom is -0.348 e. The number of likely N-dealkylation sites (tertiary alicyclic amines) is 1. The summed E-state index contributed by atoms with van der Waals surface area (Å²) < 4.78 is 0.858. The monoisotopic (exact) mass is 353 g/mol. The first-order valence-electron chi connectivity index (χ1n) is 8.43.